The van der Waals surface area contributed by atoms with Crippen LogP contribution in [0.5, 0.6) is 0 Å². The van der Waals surface area contributed by atoms with E-state index in [0.717, 1.165) is 11.4 Å². The lowest BCUT2D eigenvalue weighted by Gasteiger charge is -2.18. The molecule has 0 unspecified atom stereocenters. The minimum atomic E-state index is -0.111. The first-order valence-corrected chi connectivity index (χ1v) is 5.93. The SMILES string of the molecule is Cc1cc(C(=O)N(C)c2ccc(N)cc2)c(C)nn1. The van der Waals surface area contributed by atoms with Crippen LogP contribution in [0.2, 0.25) is 0 Å². The van der Waals surface area contributed by atoms with Crippen LogP contribution in [-0.2, 0) is 0 Å². The van der Waals surface area contributed by atoms with Gasteiger partial charge in [0.1, 0.15) is 0 Å². The predicted octanol–water partition coefficient (Wildman–Crippen LogP) is 1.95. The maximum Gasteiger partial charge on any atom is 0.259 e. The van der Waals surface area contributed by atoms with Crippen molar-refractivity contribution in [1.82, 2.24) is 10.2 Å². The van der Waals surface area contributed by atoms with E-state index in [-0.39, 0.29) is 5.91 Å². The molecular formula is C14H16N4O. The van der Waals surface area contributed by atoms with Crippen molar-refractivity contribution in [3.63, 3.8) is 0 Å². The van der Waals surface area contributed by atoms with Crippen LogP contribution in [0.15, 0.2) is 30.3 Å². The van der Waals surface area contributed by atoms with Crippen molar-refractivity contribution in [2.45, 2.75) is 13.8 Å². The summed E-state index contributed by atoms with van der Waals surface area (Å²) in [4.78, 5) is 14.0. The Balaban J connectivity index is 2.33. The monoisotopic (exact) mass is 256 g/mol. The Morgan fingerprint density at radius 2 is 1.79 bits per heavy atom. The van der Waals surface area contributed by atoms with Gasteiger partial charge in [-0.15, -0.1) is 0 Å². The van der Waals surface area contributed by atoms with Crippen LogP contribution in [0.25, 0.3) is 0 Å². The molecule has 2 rings (SSSR count). The van der Waals surface area contributed by atoms with Crippen molar-refractivity contribution in [3.05, 3.63) is 47.3 Å². The van der Waals surface area contributed by atoms with Crippen LogP contribution in [-0.4, -0.2) is 23.2 Å². The Bertz CT molecular complexity index is 607. The molecule has 5 nitrogen and oxygen atoms in total. The number of nitrogen functional groups attached to an aromatic ring is 1. The number of aryl methyl sites for hydroxylation is 2. The standard InChI is InChI=1S/C14H16N4O/c1-9-8-13(10(2)17-16-9)14(19)18(3)12-6-4-11(15)5-7-12/h4-8H,15H2,1-3H3. The molecule has 1 amide bonds. The Hall–Kier alpha value is -2.43. The molecule has 0 aliphatic heterocycles. The Morgan fingerprint density at radius 1 is 1.16 bits per heavy atom. The molecule has 5 heteroatoms. The summed E-state index contributed by atoms with van der Waals surface area (Å²) in [5.74, 6) is -0.111. The van der Waals surface area contributed by atoms with E-state index in [1.165, 1.54) is 0 Å². The van der Waals surface area contributed by atoms with Crippen molar-refractivity contribution in [2.24, 2.45) is 0 Å². The number of nitrogens with zero attached hydrogens (tertiary/aromatic N) is 3. The first-order valence-electron chi connectivity index (χ1n) is 5.93. The van der Waals surface area contributed by atoms with Gasteiger partial charge in [0.25, 0.3) is 5.91 Å². The zero-order valence-corrected chi connectivity index (χ0v) is 11.2. The van der Waals surface area contributed by atoms with Gasteiger partial charge in [0.15, 0.2) is 0 Å². The highest BCUT2D eigenvalue weighted by atomic mass is 16.2. The van der Waals surface area contributed by atoms with E-state index in [4.69, 9.17) is 5.73 Å². The fourth-order valence-electron chi connectivity index (χ4n) is 1.76. The molecule has 1 aromatic heterocycles. The number of hydrogen-bond donors (Lipinski definition) is 1. The molecule has 19 heavy (non-hydrogen) atoms. The highest BCUT2D eigenvalue weighted by Crippen LogP contribution is 2.18. The van der Waals surface area contributed by atoms with Crippen molar-refractivity contribution in [1.29, 1.82) is 0 Å². The van der Waals surface area contributed by atoms with Crippen molar-refractivity contribution in [2.75, 3.05) is 17.7 Å². The molecule has 1 aromatic carbocycles. The third kappa shape index (κ3) is 2.70. The Morgan fingerprint density at radius 3 is 2.42 bits per heavy atom. The summed E-state index contributed by atoms with van der Waals surface area (Å²) in [6.07, 6.45) is 0. The van der Waals surface area contributed by atoms with Gasteiger partial charge in [0.2, 0.25) is 0 Å². The summed E-state index contributed by atoms with van der Waals surface area (Å²) in [5.41, 5.74) is 9.00. The molecular weight excluding hydrogens is 240 g/mol. The lowest BCUT2D eigenvalue weighted by molar-refractivity contribution is 0.0991. The van der Waals surface area contributed by atoms with Gasteiger partial charge in [0.05, 0.1) is 17.0 Å². The minimum Gasteiger partial charge on any atom is -0.399 e. The minimum absolute atomic E-state index is 0.111. The van der Waals surface area contributed by atoms with E-state index < -0.39 is 0 Å². The van der Waals surface area contributed by atoms with Crippen molar-refractivity contribution in [3.8, 4) is 0 Å². The molecule has 0 aliphatic rings. The number of hydrogen-bond acceptors (Lipinski definition) is 4. The Labute approximate surface area is 112 Å². The number of benzene rings is 1. The second kappa shape index (κ2) is 5.06. The Kier molecular flexibility index (Phi) is 3.46. The first kappa shape index (κ1) is 13.0. The maximum absolute atomic E-state index is 12.4. The van der Waals surface area contributed by atoms with Crippen molar-refractivity contribution >= 4 is 17.3 Å². The average Bonchev–Trinajstić information content (AvgIpc) is 2.41. The topological polar surface area (TPSA) is 72.1 Å². The molecule has 0 spiro atoms. The van der Waals surface area contributed by atoms with Crippen LogP contribution in [0.3, 0.4) is 0 Å². The van der Waals surface area contributed by atoms with Crippen LogP contribution >= 0.6 is 0 Å². The largest absolute Gasteiger partial charge is 0.399 e. The van der Waals surface area contributed by atoms with E-state index in [1.54, 1.807) is 37.1 Å². The number of anilines is 2. The van der Waals surface area contributed by atoms with Gasteiger partial charge < -0.3 is 10.6 Å². The van der Waals surface area contributed by atoms with E-state index in [2.05, 4.69) is 10.2 Å². The third-order valence-corrected chi connectivity index (χ3v) is 2.92. The smallest absolute Gasteiger partial charge is 0.259 e. The number of carbonyl (C=O) groups is 1. The number of nitrogens with two attached hydrogens (primary N) is 1. The quantitative estimate of drug-likeness (QED) is 0.834. The van der Waals surface area contributed by atoms with Crippen LogP contribution in [0.4, 0.5) is 11.4 Å². The molecule has 0 aliphatic carbocycles. The summed E-state index contributed by atoms with van der Waals surface area (Å²) in [6, 6.07) is 8.90. The fourth-order valence-corrected chi connectivity index (χ4v) is 1.76. The van der Waals surface area contributed by atoms with E-state index in [9.17, 15) is 4.79 Å². The van der Waals surface area contributed by atoms with Crippen LogP contribution in [0.1, 0.15) is 21.7 Å². The third-order valence-electron chi connectivity index (χ3n) is 2.92. The van der Waals surface area contributed by atoms with Gasteiger partial charge in [-0.05, 0) is 44.2 Å². The van der Waals surface area contributed by atoms with Gasteiger partial charge in [-0.2, -0.15) is 10.2 Å². The van der Waals surface area contributed by atoms with Crippen LogP contribution < -0.4 is 10.6 Å². The predicted molar refractivity (Wildman–Crippen MR) is 75.1 cm³/mol. The molecule has 2 aromatic rings. The second-order valence-electron chi connectivity index (χ2n) is 4.44. The van der Waals surface area contributed by atoms with Crippen molar-refractivity contribution < 1.29 is 4.79 Å². The van der Waals surface area contributed by atoms with Gasteiger partial charge in [-0.1, -0.05) is 0 Å². The normalized spacial score (nSPS) is 10.3. The lowest BCUT2D eigenvalue weighted by atomic mass is 10.1. The fraction of sp³-hybridized carbons (Fsp3) is 0.214. The zero-order valence-electron chi connectivity index (χ0n) is 11.2. The summed E-state index contributed by atoms with van der Waals surface area (Å²) in [6.45, 7) is 3.59. The van der Waals surface area contributed by atoms with Gasteiger partial charge in [-0.3, -0.25) is 4.79 Å². The molecule has 0 fully saturated rings. The summed E-state index contributed by atoms with van der Waals surface area (Å²) in [7, 11) is 1.73. The number of amides is 1. The number of rotatable bonds is 2. The maximum atomic E-state index is 12.4. The van der Waals surface area contributed by atoms with E-state index in [0.29, 0.717) is 16.9 Å². The molecule has 0 atom stereocenters. The zero-order chi connectivity index (χ0) is 14.0. The second-order valence-corrected chi connectivity index (χ2v) is 4.44. The lowest BCUT2D eigenvalue weighted by Crippen LogP contribution is -2.27. The van der Waals surface area contributed by atoms with Crippen LogP contribution in [0, 0.1) is 13.8 Å². The van der Waals surface area contributed by atoms with E-state index in [1.807, 2.05) is 19.1 Å². The number of carbonyl (C=O) groups excluding carboxylic acids is 1. The first-order chi connectivity index (χ1) is 8.99. The molecule has 98 valence electrons. The van der Waals surface area contributed by atoms with Gasteiger partial charge >= 0.3 is 0 Å². The van der Waals surface area contributed by atoms with Gasteiger partial charge in [0, 0.05) is 18.4 Å². The summed E-state index contributed by atoms with van der Waals surface area (Å²) >= 11 is 0. The molecule has 0 bridgehead atoms. The highest BCUT2D eigenvalue weighted by Gasteiger charge is 2.17. The molecule has 1 heterocycles. The number of aromatic nitrogens is 2. The summed E-state index contributed by atoms with van der Waals surface area (Å²) in [5, 5.41) is 7.90. The van der Waals surface area contributed by atoms with Gasteiger partial charge in [-0.25, -0.2) is 0 Å². The molecule has 0 saturated heterocycles. The van der Waals surface area contributed by atoms with E-state index >= 15 is 0 Å². The molecule has 0 radical (unpaired) electrons. The average molecular weight is 256 g/mol. The highest BCUT2D eigenvalue weighted by molar-refractivity contribution is 6.06. The molecule has 0 saturated carbocycles. The summed E-state index contributed by atoms with van der Waals surface area (Å²) < 4.78 is 0. The molecule has 2 N–H and O–H groups in total.